The molecular weight excluding hydrogens is 290 g/mol. The van der Waals surface area contributed by atoms with Gasteiger partial charge in [0.1, 0.15) is 0 Å². The van der Waals surface area contributed by atoms with Crippen LogP contribution in [0.3, 0.4) is 0 Å². The van der Waals surface area contributed by atoms with E-state index in [1.54, 1.807) is 0 Å². The van der Waals surface area contributed by atoms with Gasteiger partial charge in [0.25, 0.3) is 0 Å². The third kappa shape index (κ3) is 2.12. The van der Waals surface area contributed by atoms with E-state index in [0.717, 1.165) is 41.7 Å². The fraction of sp³-hybridized carbons (Fsp3) is 0.222. The molecule has 0 unspecified atom stereocenters. The van der Waals surface area contributed by atoms with Crippen molar-refractivity contribution in [3.8, 4) is 17.0 Å². The number of rotatable bonds is 2. The van der Waals surface area contributed by atoms with Gasteiger partial charge < -0.3 is 15.0 Å². The molecule has 1 aromatic heterocycles. The lowest BCUT2D eigenvalue weighted by Crippen LogP contribution is -2.27. The second-order valence-electron chi connectivity index (χ2n) is 6.07. The molecule has 0 aliphatic carbocycles. The maximum absolute atomic E-state index is 11.1. The molecule has 2 heterocycles. The Labute approximate surface area is 133 Å². The first-order valence-corrected chi connectivity index (χ1v) is 7.65. The summed E-state index contributed by atoms with van der Waals surface area (Å²) in [5, 5.41) is 13.7. The third-order valence-electron chi connectivity index (χ3n) is 4.62. The first-order valence-electron chi connectivity index (χ1n) is 7.65. The Morgan fingerprint density at radius 3 is 2.74 bits per heavy atom. The molecule has 1 aliphatic rings. The Morgan fingerprint density at radius 2 is 2.00 bits per heavy atom. The number of H-pyrrole nitrogens is 1. The normalized spacial score (nSPS) is 14.8. The molecular formula is C18H17N3O2. The first-order chi connectivity index (χ1) is 11.2. The minimum atomic E-state index is -0.157. The van der Waals surface area contributed by atoms with Crippen LogP contribution in [0.2, 0.25) is 0 Å². The zero-order valence-corrected chi connectivity index (χ0v) is 12.8. The van der Waals surface area contributed by atoms with Crippen molar-refractivity contribution in [1.29, 1.82) is 0 Å². The smallest absolute Gasteiger partial charge is 0.219 e. The van der Waals surface area contributed by atoms with E-state index < -0.39 is 0 Å². The molecule has 3 aromatic rings. The molecule has 1 aliphatic heterocycles. The second-order valence-corrected chi connectivity index (χ2v) is 6.07. The molecule has 2 aromatic carbocycles. The van der Waals surface area contributed by atoms with Crippen LogP contribution in [0, 0.1) is 4.91 Å². The quantitative estimate of drug-likeness (QED) is 0.705. The van der Waals surface area contributed by atoms with Crippen LogP contribution in [-0.4, -0.2) is 28.6 Å². The van der Waals surface area contributed by atoms with Gasteiger partial charge in [-0.1, -0.05) is 30.3 Å². The van der Waals surface area contributed by atoms with Crippen LogP contribution < -0.4 is 0 Å². The molecule has 0 saturated heterocycles. The zero-order valence-electron chi connectivity index (χ0n) is 12.8. The summed E-state index contributed by atoms with van der Waals surface area (Å²) < 4.78 is 0. The highest BCUT2D eigenvalue weighted by Gasteiger charge is 2.24. The minimum absolute atomic E-state index is 0.0909. The number of aromatic hydroxyl groups is 1. The van der Waals surface area contributed by atoms with Crippen molar-refractivity contribution in [2.24, 2.45) is 5.18 Å². The fourth-order valence-corrected chi connectivity index (χ4v) is 3.49. The highest BCUT2D eigenvalue weighted by molar-refractivity contribution is 6.00. The van der Waals surface area contributed by atoms with Crippen molar-refractivity contribution in [3.05, 3.63) is 52.4 Å². The van der Waals surface area contributed by atoms with Gasteiger partial charge in [-0.2, -0.15) is 0 Å². The van der Waals surface area contributed by atoms with Crippen LogP contribution in [0.25, 0.3) is 22.0 Å². The number of nitrogens with one attached hydrogen (secondary N) is 1. The molecule has 5 nitrogen and oxygen atoms in total. The molecule has 2 N–H and O–H groups in total. The highest BCUT2D eigenvalue weighted by Crippen LogP contribution is 2.42. The van der Waals surface area contributed by atoms with Crippen LogP contribution in [0.1, 0.15) is 11.1 Å². The first kappa shape index (κ1) is 14.0. The number of hydrogen-bond acceptors (Lipinski definition) is 4. The molecule has 0 spiro atoms. The third-order valence-corrected chi connectivity index (χ3v) is 4.62. The number of aromatic amines is 1. The van der Waals surface area contributed by atoms with Gasteiger partial charge in [0.2, 0.25) is 5.88 Å². The van der Waals surface area contributed by atoms with E-state index in [0.29, 0.717) is 5.39 Å². The van der Waals surface area contributed by atoms with Crippen molar-refractivity contribution in [1.82, 2.24) is 9.88 Å². The van der Waals surface area contributed by atoms with Gasteiger partial charge in [-0.25, -0.2) is 0 Å². The lowest BCUT2D eigenvalue weighted by molar-refractivity contribution is 0.314. The number of nitrogens with zero attached hydrogens (tertiary/aromatic N) is 2. The van der Waals surface area contributed by atoms with Crippen LogP contribution in [0.4, 0.5) is 5.69 Å². The summed E-state index contributed by atoms with van der Waals surface area (Å²) in [6.45, 7) is 1.77. The zero-order chi connectivity index (χ0) is 16.0. The number of fused-ring (bicyclic) bond motifs is 3. The number of aromatic nitrogens is 1. The van der Waals surface area contributed by atoms with Crippen LogP contribution in [0.15, 0.2) is 41.6 Å². The maximum Gasteiger partial charge on any atom is 0.219 e. The summed E-state index contributed by atoms with van der Waals surface area (Å²) in [6, 6.07) is 12.1. The number of hydrogen-bond donors (Lipinski definition) is 2. The summed E-state index contributed by atoms with van der Waals surface area (Å²) in [7, 11) is 2.08. The molecule has 0 saturated carbocycles. The van der Waals surface area contributed by atoms with Crippen LogP contribution >= 0.6 is 0 Å². The van der Waals surface area contributed by atoms with Crippen molar-refractivity contribution < 1.29 is 5.11 Å². The standard InChI is InChI=1S/C18H17N3O2/c1-21-8-7-12-13(11-5-3-2-4-6-11)9-14-16(15(12)10-21)19-18(22)17(14)20-23/h2-6,9,19,22H,7-8,10H2,1H3. The average Bonchev–Trinajstić information content (AvgIpc) is 2.90. The second kappa shape index (κ2) is 5.21. The molecule has 5 heteroatoms. The van der Waals surface area contributed by atoms with Gasteiger partial charge in [-0.15, -0.1) is 4.91 Å². The monoisotopic (exact) mass is 307 g/mol. The predicted octanol–water partition coefficient (Wildman–Crippen LogP) is 3.93. The van der Waals surface area contributed by atoms with E-state index in [1.165, 1.54) is 5.56 Å². The summed E-state index contributed by atoms with van der Waals surface area (Å²) in [6.07, 6.45) is 0.940. The van der Waals surface area contributed by atoms with E-state index in [1.807, 2.05) is 24.3 Å². The molecule has 23 heavy (non-hydrogen) atoms. The summed E-state index contributed by atoms with van der Waals surface area (Å²) in [5.74, 6) is -0.157. The van der Waals surface area contributed by atoms with Gasteiger partial charge in [-0.3, -0.25) is 0 Å². The minimum Gasteiger partial charge on any atom is -0.493 e. The molecule has 0 radical (unpaired) electrons. The Kier molecular flexibility index (Phi) is 3.16. The van der Waals surface area contributed by atoms with E-state index in [4.69, 9.17) is 0 Å². The fourth-order valence-electron chi connectivity index (χ4n) is 3.49. The molecule has 4 rings (SSSR count). The van der Waals surface area contributed by atoms with Crippen LogP contribution in [0.5, 0.6) is 5.88 Å². The van der Waals surface area contributed by atoms with E-state index in [9.17, 15) is 10.0 Å². The number of likely N-dealkylation sites (N-methyl/N-ethyl adjacent to an activating group) is 1. The summed E-state index contributed by atoms with van der Waals surface area (Å²) in [4.78, 5) is 16.3. The lowest BCUT2D eigenvalue weighted by Gasteiger charge is -2.27. The molecule has 0 bridgehead atoms. The van der Waals surface area contributed by atoms with Crippen molar-refractivity contribution in [2.75, 3.05) is 13.6 Å². The van der Waals surface area contributed by atoms with E-state index in [2.05, 4.69) is 34.2 Å². The van der Waals surface area contributed by atoms with Gasteiger partial charge in [-0.05, 0) is 47.0 Å². The topological polar surface area (TPSA) is 68.7 Å². The Balaban J connectivity index is 2.08. The predicted molar refractivity (Wildman–Crippen MR) is 90.9 cm³/mol. The Hall–Kier alpha value is -2.66. The molecule has 0 atom stereocenters. The summed E-state index contributed by atoms with van der Waals surface area (Å²) >= 11 is 0. The van der Waals surface area contributed by atoms with Gasteiger partial charge in [0, 0.05) is 18.5 Å². The lowest BCUT2D eigenvalue weighted by atomic mass is 9.89. The SMILES string of the molecule is CN1CCc2c(-c3ccccc3)cc3c(N=O)c(O)[nH]c3c2C1. The van der Waals surface area contributed by atoms with Crippen molar-refractivity contribution in [3.63, 3.8) is 0 Å². The molecule has 0 fully saturated rings. The highest BCUT2D eigenvalue weighted by atomic mass is 16.3. The Bertz CT molecular complexity index is 900. The van der Waals surface area contributed by atoms with Gasteiger partial charge in [0.05, 0.1) is 5.52 Å². The number of benzene rings is 2. The Morgan fingerprint density at radius 1 is 1.22 bits per heavy atom. The molecule has 116 valence electrons. The molecule has 0 amide bonds. The van der Waals surface area contributed by atoms with Crippen molar-refractivity contribution in [2.45, 2.75) is 13.0 Å². The van der Waals surface area contributed by atoms with Crippen molar-refractivity contribution >= 4 is 16.6 Å². The van der Waals surface area contributed by atoms with Crippen LogP contribution in [-0.2, 0) is 13.0 Å². The van der Waals surface area contributed by atoms with E-state index in [-0.39, 0.29) is 11.6 Å². The summed E-state index contributed by atoms with van der Waals surface area (Å²) in [5.41, 5.74) is 5.56. The number of nitroso groups, excluding NO2 is 1. The van der Waals surface area contributed by atoms with Gasteiger partial charge in [0.15, 0.2) is 5.69 Å². The van der Waals surface area contributed by atoms with E-state index >= 15 is 0 Å². The largest absolute Gasteiger partial charge is 0.493 e. The average molecular weight is 307 g/mol. The maximum atomic E-state index is 11.1. The van der Waals surface area contributed by atoms with Gasteiger partial charge >= 0.3 is 0 Å².